The molecule has 0 radical (unpaired) electrons. The molecular formula is C25H27NO5. The summed E-state index contributed by atoms with van der Waals surface area (Å²) in [6.07, 6.45) is 0. The summed E-state index contributed by atoms with van der Waals surface area (Å²) in [4.78, 5) is 12.9. The second kappa shape index (κ2) is 10.9. The first-order valence-corrected chi connectivity index (χ1v) is 10.3. The summed E-state index contributed by atoms with van der Waals surface area (Å²) in [6.45, 7) is 6.99. The van der Waals surface area contributed by atoms with Crippen LogP contribution in [0.1, 0.15) is 31.1 Å². The maximum Gasteiger partial charge on any atom is 0.255 e. The molecule has 162 valence electrons. The second-order valence-electron chi connectivity index (χ2n) is 6.49. The maximum absolute atomic E-state index is 12.9. The maximum atomic E-state index is 12.9. The van der Waals surface area contributed by atoms with Crippen molar-refractivity contribution in [2.24, 2.45) is 0 Å². The summed E-state index contributed by atoms with van der Waals surface area (Å²) in [6, 6.07) is 20.0. The number of nitrogens with one attached hydrogen (secondary N) is 1. The minimum absolute atomic E-state index is 0.276. The highest BCUT2D eigenvalue weighted by molar-refractivity contribution is 6.05. The van der Waals surface area contributed by atoms with Crippen LogP contribution in [0.4, 0.5) is 5.69 Å². The SMILES string of the molecule is CCOc1cc(C(=O)Nc2ccc(Oc3ccccc3)cc2)cc(OCC)c1OCC. The van der Waals surface area contributed by atoms with Gasteiger partial charge in [0.25, 0.3) is 5.91 Å². The molecule has 0 saturated heterocycles. The van der Waals surface area contributed by atoms with Crippen LogP contribution in [0.15, 0.2) is 66.7 Å². The topological polar surface area (TPSA) is 66.0 Å². The van der Waals surface area contributed by atoms with E-state index >= 15 is 0 Å². The van der Waals surface area contributed by atoms with E-state index in [2.05, 4.69) is 5.32 Å². The highest BCUT2D eigenvalue weighted by atomic mass is 16.5. The number of amides is 1. The average molecular weight is 421 g/mol. The van der Waals surface area contributed by atoms with Crippen LogP contribution in [-0.2, 0) is 0 Å². The molecule has 6 heteroatoms. The van der Waals surface area contributed by atoms with E-state index < -0.39 is 0 Å². The number of anilines is 1. The lowest BCUT2D eigenvalue weighted by Crippen LogP contribution is -2.13. The van der Waals surface area contributed by atoms with Crippen molar-refractivity contribution < 1.29 is 23.7 Å². The highest BCUT2D eigenvalue weighted by Gasteiger charge is 2.18. The van der Waals surface area contributed by atoms with Crippen molar-refractivity contribution in [2.75, 3.05) is 25.1 Å². The summed E-state index contributed by atoms with van der Waals surface area (Å²) in [7, 11) is 0. The first-order chi connectivity index (χ1) is 15.1. The number of ether oxygens (including phenoxy) is 4. The monoisotopic (exact) mass is 421 g/mol. The summed E-state index contributed by atoms with van der Waals surface area (Å²) in [5.41, 5.74) is 1.06. The van der Waals surface area contributed by atoms with Crippen LogP contribution >= 0.6 is 0 Å². The Balaban J connectivity index is 1.77. The van der Waals surface area contributed by atoms with Crippen LogP contribution in [0.25, 0.3) is 0 Å². The fourth-order valence-corrected chi connectivity index (χ4v) is 2.95. The molecular weight excluding hydrogens is 394 g/mol. The third-order valence-electron chi connectivity index (χ3n) is 4.26. The van der Waals surface area contributed by atoms with Crippen LogP contribution < -0.4 is 24.3 Å². The third kappa shape index (κ3) is 5.92. The summed E-state index contributed by atoms with van der Waals surface area (Å²) in [5, 5.41) is 2.89. The number of benzene rings is 3. The van der Waals surface area contributed by atoms with Crippen molar-refractivity contribution in [3.8, 4) is 28.7 Å². The molecule has 1 amide bonds. The minimum atomic E-state index is -0.276. The average Bonchev–Trinajstić information content (AvgIpc) is 2.78. The zero-order valence-electron chi connectivity index (χ0n) is 18.0. The van der Waals surface area contributed by atoms with Gasteiger partial charge in [-0.3, -0.25) is 4.79 Å². The predicted octanol–water partition coefficient (Wildman–Crippen LogP) is 5.93. The molecule has 0 bridgehead atoms. The molecule has 0 unspecified atom stereocenters. The molecule has 0 saturated carbocycles. The van der Waals surface area contributed by atoms with Gasteiger partial charge in [-0.15, -0.1) is 0 Å². The molecule has 0 aliphatic rings. The molecule has 6 nitrogen and oxygen atoms in total. The standard InChI is InChI=1S/C25H27NO5/c1-4-28-22-16-18(17-23(29-5-2)24(22)30-6-3)25(27)26-19-12-14-21(15-13-19)31-20-10-8-7-9-11-20/h7-17H,4-6H2,1-3H3,(H,26,27). The van der Waals surface area contributed by atoms with Crippen molar-refractivity contribution in [3.63, 3.8) is 0 Å². The molecule has 0 fully saturated rings. The summed E-state index contributed by atoms with van der Waals surface area (Å²) >= 11 is 0. The van der Waals surface area contributed by atoms with Crippen LogP contribution in [0, 0.1) is 0 Å². The number of hydrogen-bond acceptors (Lipinski definition) is 5. The fourth-order valence-electron chi connectivity index (χ4n) is 2.95. The zero-order chi connectivity index (χ0) is 22.1. The summed E-state index contributed by atoms with van der Waals surface area (Å²) < 4.78 is 22.9. The van der Waals surface area contributed by atoms with Crippen molar-refractivity contribution >= 4 is 11.6 Å². The van der Waals surface area contributed by atoms with E-state index in [0.717, 1.165) is 5.75 Å². The van der Waals surface area contributed by atoms with E-state index in [-0.39, 0.29) is 5.91 Å². The van der Waals surface area contributed by atoms with Gasteiger partial charge in [0.2, 0.25) is 5.75 Å². The van der Waals surface area contributed by atoms with E-state index in [9.17, 15) is 4.79 Å². The van der Waals surface area contributed by atoms with E-state index in [1.54, 1.807) is 36.4 Å². The Kier molecular flexibility index (Phi) is 7.76. The van der Waals surface area contributed by atoms with Gasteiger partial charge in [-0.05, 0) is 69.3 Å². The molecule has 31 heavy (non-hydrogen) atoms. The molecule has 0 spiro atoms. The number of carbonyl (C=O) groups excluding carboxylic acids is 1. The first kappa shape index (κ1) is 22.0. The van der Waals surface area contributed by atoms with Gasteiger partial charge in [-0.1, -0.05) is 18.2 Å². The van der Waals surface area contributed by atoms with E-state index in [4.69, 9.17) is 18.9 Å². The molecule has 0 aromatic heterocycles. The lowest BCUT2D eigenvalue weighted by molar-refractivity contribution is 0.102. The Hall–Kier alpha value is -3.67. The van der Waals surface area contributed by atoms with E-state index in [0.29, 0.717) is 54.1 Å². The van der Waals surface area contributed by atoms with Crippen molar-refractivity contribution in [3.05, 3.63) is 72.3 Å². The molecule has 3 aromatic carbocycles. The fraction of sp³-hybridized carbons (Fsp3) is 0.240. The smallest absolute Gasteiger partial charge is 0.255 e. The van der Waals surface area contributed by atoms with Crippen LogP contribution in [-0.4, -0.2) is 25.7 Å². The quantitative estimate of drug-likeness (QED) is 0.440. The molecule has 0 heterocycles. The Morgan fingerprint density at radius 1 is 0.742 bits per heavy atom. The Bertz CT molecular complexity index is 960. The number of hydrogen-bond donors (Lipinski definition) is 1. The number of rotatable bonds is 10. The van der Waals surface area contributed by atoms with E-state index in [1.165, 1.54) is 0 Å². The van der Waals surface area contributed by atoms with Crippen molar-refractivity contribution in [1.29, 1.82) is 0 Å². The third-order valence-corrected chi connectivity index (χ3v) is 4.26. The van der Waals surface area contributed by atoms with Gasteiger partial charge in [0.15, 0.2) is 11.5 Å². The Labute approximate surface area is 182 Å². The Morgan fingerprint density at radius 3 is 1.84 bits per heavy atom. The van der Waals surface area contributed by atoms with Gasteiger partial charge in [0.1, 0.15) is 11.5 Å². The zero-order valence-corrected chi connectivity index (χ0v) is 18.0. The molecule has 0 atom stereocenters. The van der Waals surface area contributed by atoms with Crippen LogP contribution in [0.5, 0.6) is 28.7 Å². The molecule has 3 rings (SSSR count). The lowest BCUT2D eigenvalue weighted by Gasteiger charge is -2.17. The van der Waals surface area contributed by atoms with Gasteiger partial charge in [0.05, 0.1) is 19.8 Å². The van der Waals surface area contributed by atoms with Crippen LogP contribution in [0.2, 0.25) is 0 Å². The van der Waals surface area contributed by atoms with Gasteiger partial charge in [-0.25, -0.2) is 0 Å². The predicted molar refractivity (Wildman–Crippen MR) is 121 cm³/mol. The van der Waals surface area contributed by atoms with Gasteiger partial charge < -0.3 is 24.3 Å². The van der Waals surface area contributed by atoms with Gasteiger partial charge in [0, 0.05) is 11.3 Å². The lowest BCUT2D eigenvalue weighted by atomic mass is 10.1. The van der Waals surface area contributed by atoms with Gasteiger partial charge in [-0.2, -0.15) is 0 Å². The van der Waals surface area contributed by atoms with Crippen molar-refractivity contribution in [1.82, 2.24) is 0 Å². The normalized spacial score (nSPS) is 10.3. The van der Waals surface area contributed by atoms with Crippen molar-refractivity contribution in [2.45, 2.75) is 20.8 Å². The van der Waals surface area contributed by atoms with E-state index in [1.807, 2.05) is 51.1 Å². The molecule has 0 aliphatic carbocycles. The minimum Gasteiger partial charge on any atom is -0.490 e. The summed E-state index contributed by atoms with van der Waals surface area (Å²) in [5.74, 6) is 2.62. The Morgan fingerprint density at radius 2 is 1.29 bits per heavy atom. The molecule has 0 aliphatic heterocycles. The second-order valence-corrected chi connectivity index (χ2v) is 6.49. The highest BCUT2D eigenvalue weighted by Crippen LogP contribution is 2.39. The van der Waals surface area contributed by atoms with Gasteiger partial charge >= 0.3 is 0 Å². The van der Waals surface area contributed by atoms with Crippen LogP contribution in [0.3, 0.4) is 0 Å². The molecule has 1 N–H and O–H groups in total. The first-order valence-electron chi connectivity index (χ1n) is 10.3. The largest absolute Gasteiger partial charge is 0.490 e. The number of carbonyl (C=O) groups is 1. The number of para-hydroxylation sites is 1. The molecule has 3 aromatic rings.